The van der Waals surface area contributed by atoms with Gasteiger partial charge in [0.05, 0.1) is 17.9 Å². The molecule has 0 bridgehead atoms. The Morgan fingerprint density at radius 3 is 2.88 bits per heavy atom. The van der Waals surface area contributed by atoms with Gasteiger partial charge in [-0.3, -0.25) is 9.59 Å². The van der Waals surface area contributed by atoms with Crippen molar-refractivity contribution in [1.82, 2.24) is 4.90 Å². The second kappa shape index (κ2) is 7.43. The summed E-state index contributed by atoms with van der Waals surface area (Å²) in [6, 6.07) is 5.62. The zero-order chi connectivity index (χ0) is 17.1. The van der Waals surface area contributed by atoms with Gasteiger partial charge in [-0.1, -0.05) is 18.5 Å². The summed E-state index contributed by atoms with van der Waals surface area (Å²) in [6.07, 6.45) is 3.77. The summed E-state index contributed by atoms with van der Waals surface area (Å²) in [5.74, 6) is 0.528. The molecule has 1 atom stereocenters. The molecule has 0 saturated carbocycles. The van der Waals surface area contributed by atoms with Gasteiger partial charge in [0.2, 0.25) is 11.8 Å². The lowest BCUT2D eigenvalue weighted by molar-refractivity contribution is -0.131. The number of nitrogens with zero attached hydrogens (tertiary/aromatic N) is 2. The molecule has 2 heterocycles. The van der Waals surface area contributed by atoms with Crippen molar-refractivity contribution in [2.24, 2.45) is 5.92 Å². The minimum atomic E-state index is -0.168. The normalized spacial score (nSPS) is 21.2. The molecule has 0 aliphatic carbocycles. The van der Waals surface area contributed by atoms with Crippen molar-refractivity contribution in [2.75, 3.05) is 36.4 Å². The smallest absolute Gasteiger partial charge is 0.244 e. The Morgan fingerprint density at radius 1 is 1.33 bits per heavy atom. The molecule has 0 radical (unpaired) electrons. The number of anilines is 2. The number of benzene rings is 1. The van der Waals surface area contributed by atoms with Crippen molar-refractivity contribution in [3.8, 4) is 0 Å². The fourth-order valence-electron chi connectivity index (χ4n) is 3.53. The van der Waals surface area contributed by atoms with Gasteiger partial charge in [0.15, 0.2) is 0 Å². The van der Waals surface area contributed by atoms with Crippen molar-refractivity contribution in [3.63, 3.8) is 0 Å². The monoisotopic (exact) mass is 349 g/mol. The highest BCUT2D eigenvalue weighted by molar-refractivity contribution is 6.31. The van der Waals surface area contributed by atoms with Crippen LogP contribution in [0.5, 0.6) is 0 Å². The molecule has 2 aliphatic rings. The minimum absolute atomic E-state index is 0.0568. The largest absolute Gasteiger partial charge is 0.370 e. The van der Waals surface area contributed by atoms with Crippen molar-refractivity contribution in [1.29, 1.82) is 0 Å². The molecule has 2 fully saturated rings. The van der Waals surface area contributed by atoms with E-state index < -0.39 is 0 Å². The van der Waals surface area contributed by atoms with Crippen LogP contribution in [-0.4, -0.2) is 42.9 Å². The number of likely N-dealkylation sites (tertiary alicyclic amines) is 1. The maximum absolute atomic E-state index is 12.4. The molecule has 5 nitrogen and oxygen atoms in total. The summed E-state index contributed by atoms with van der Waals surface area (Å²) in [6.45, 7) is 4.99. The molecule has 24 heavy (non-hydrogen) atoms. The Labute approximate surface area is 147 Å². The Bertz CT molecular complexity index is 635. The highest BCUT2D eigenvalue weighted by Crippen LogP contribution is 2.32. The van der Waals surface area contributed by atoms with Gasteiger partial charge in [-0.05, 0) is 43.4 Å². The minimum Gasteiger partial charge on any atom is -0.370 e. The predicted octanol–water partition coefficient (Wildman–Crippen LogP) is 3.14. The summed E-state index contributed by atoms with van der Waals surface area (Å²) < 4.78 is 0. The van der Waals surface area contributed by atoms with E-state index in [4.69, 9.17) is 11.6 Å². The summed E-state index contributed by atoms with van der Waals surface area (Å²) in [7, 11) is 0. The molecule has 6 heteroatoms. The fraction of sp³-hybridized carbons (Fsp3) is 0.556. The first-order valence-electron chi connectivity index (χ1n) is 8.65. The van der Waals surface area contributed by atoms with Crippen molar-refractivity contribution < 1.29 is 9.59 Å². The second-order valence-electron chi connectivity index (χ2n) is 6.82. The van der Waals surface area contributed by atoms with Crippen LogP contribution in [-0.2, 0) is 9.59 Å². The second-order valence-corrected chi connectivity index (χ2v) is 7.26. The Balaban J connectivity index is 1.72. The van der Waals surface area contributed by atoms with E-state index in [1.807, 2.05) is 12.1 Å². The van der Waals surface area contributed by atoms with Crippen LogP contribution in [0.2, 0.25) is 5.02 Å². The van der Waals surface area contributed by atoms with Gasteiger partial charge in [-0.2, -0.15) is 0 Å². The van der Waals surface area contributed by atoms with Crippen molar-refractivity contribution >= 4 is 34.8 Å². The molecule has 2 aliphatic heterocycles. The number of carbonyl (C=O) groups excluding carboxylic acids is 2. The summed E-state index contributed by atoms with van der Waals surface area (Å²) in [4.78, 5) is 28.0. The fourth-order valence-corrected chi connectivity index (χ4v) is 3.70. The quantitative estimate of drug-likeness (QED) is 0.908. The Hall–Kier alpha value is -1.75. The molecule has 1 unspecified atom stereocenters. The predicted molar refractivity (Wildman–Crippen MR) is 96.5 cm³/mol. The van der Waals surface area contributed by atoms with Crippen LogP contribution in [0.15, 0.2) is 18.2 Å². The zero-order valence-electron chi connectivity index (χ0n) is 14.1. The lowest BCUT2D eigenvalue weighted by atomic mass is 9.99. The number of piperidine rings is 1. The standard InChI is InChI=1S/C18H24ClN3O2/c1-13-4-2-8-21(11-13)16-7-6-14(19)10-15(16)20-17(23)12-22-9-3-5-18(22)24/h6-7,10,13H,2-5,8-9,11-12H2,1H3,(H,20,23). The van der Waals surface area contributed by atoms with E-state index in [0.717, 1.165) is 37.3 Å². The molecule has 1 aromatic carbocycles. The van der Waals surface area contributed by atoms with Crippen LogP contribution < -0.4 is 10.2 Å². The van der Waals surface area contributed by atoms with Gasteiger partial charge >= 0.3 is 0 Å². The van der Waals surface area contributed by atoms with Crippen LogP contribution in [0.1, 0.15) is 32.6 Å². The maximum Gasteiger partial charge on any atom is 0.244 e. The SMILES string of the molecule is CC1CCCN(c2ccc(Cl)cc2NC(=O)CN2CCCC2=O)C1. The average Bonchev–Trinajstić information content (AvgIpc) is 2.92. The van der Waals surface area contributed by atoms with Crippen LogP contribution >= 0.6 is 11.6 Å². The molecule has 0 aromatic heterocycles. The van der Waals surface area contributed by atoms with E-state index in [-0.39, 0.29) is 18.4 Å². The Kier molecular flexibility index (Phi) is 5.29. The topological polar surface area (TPSA) is 52.7 Å². The number of rotatable bonds is 4. The van der Waals surface area contributed by atoms with E-state index in [9.17, 15) is 9.59 Å². The van der Waals surface area contributed by atoms with Gasteiger partial charge in [0.25, 0.3) is 0 Å². The molecule has 1 aromatic rings. The first kappa shape index (κ1) is 17.1. The number of nitrogens with one attached hydrogen (secondary N) is 1. The number of hydrogen-bond donors (Lipinski definition) is 1. The van der Waals surface area contributed by atoms with Gasteiger partial charge in [-0.25, -0.2) is 0 Å². The molecule has 3 rings (SSSR count). The number of halogens is 1. The molecule has 1 N–H and O–H groups in total. The Morgan fingerprint density at radius 2 is 2.17 bits per heavy atom. The summed E-state index contributed by atoms with van der Waals surface area (Å²) >= 11 is 6.13. The lowest BCUT2D eigenvalue weighted by Crippen LogP contribution is -2.36. The summed E-state index contributed by atoms with van der Waals surface area (Å²) in [5.41, 5.74) is 1.74. The third-order valence-corrected chi connectivity index (χ3v) is 4.97. The number of hydrogen-bond acceptors (Lipinski definition) is 3. The zero-order valence-corrected chi connectivity index (χ0v) is 14.8. The van der Waals surface area contributed by atoms with E-state index in [0.29, 0.717) is 23.9 Å². The molecular weight excluding hydrogens is 326 g/mol. The van der Waals surface area contributed by atoms with E-state index in [1.54, 1.807) is 11.0 Å². The van der Waals surface area contributed by atoms with Gasteiger partial charge in [-0.15, -0.1) is 0 Å². The van der Waals surface area contributed by atoms with E-state index in [2.05, 4.69) is 17.1 Å². The highest BCUT2D eigenvalue weighted by atomic mass is 35.5. The number of amides is 2. The van der Waals surface area contributed by atoms with Crippen LogP contribution in [0.25, 0.3) is 0 Å². The highest BCUT2D eigenvalue weighted by Gasteiger charge is 2.24. The van der Waals surface area contributed by atoms with Gasteiger partial charge < -0.3 is 15.1 Å². The van der Waals surface area contributed by atoms with E-state index in [1.165, 1.54) is 6.42 Å². The maximum atomic E-state index is 12.4. The molecule has 0 spiro atoms. The number of carbonyl (C=O) groups is 2. The van der Waals surface area contributed by atoms with E-state index >= 15 is 0 Å². The first-order valence-corrected chi connectivity index (χ1v) is 9.03. The van der Waals surface area contributed by atoms with Crippen molar-refractivity contribution in [2.45, 2.75) is 32.6 Å². The first-order chi connectivity index (χ1) is 11.5. The molecule has 2 saturated heterocycles. The molecular formula is C18H24ClN3O2. The third kappa shape index (κ3) is 4.01. The molecule has 2 amide bonds. The lowest BCUT2D eigenvalue weighted by Gasteiger charge is -2.34. The van der Waals surface area contributed by atoms with Crippen molar-refractivity contribution in [3.05, 3.63) is 23.2 Å². The van der Waals surface area contributed by atoms with Gasteiger partial charge in [0.1, 0.15) is 0 Å². The summed E-state index contributed by atoms with van der Waals surface area (Å²) in [5, 5.41) is 3.55. The average molecular weight is 350 g/mol. The molecule has 130 valence electrons. The van der Waals surface area contributed by atoms with Crippen LogP contribution in [0, 0.1) is 5.92 Å². The van der Waals surface area contributed by atoms with Crippen LogP contribution in [0.3, 0.4) is 0 Å². The van der Waals surface area contributed by atoms with Gasteiger partial charge in [0, 0.05) is 31.1 Å². The van der Waals surface area contributed by atoms with Crippen LogP contribution in [0.4, 0.5) is 11.4 Å². The third-order valence-electron chi connectivity index (χ3n) is 4.74.